The fourth-order valence-corrected chi connectivity index (χ4v) is 3.14. The number of ether oxygens (including phenoxy) is 2. The van der Waals surface area contributed by atoms with Crippen molar-refractivity contribution in [1.82, 2.24) is 0 Å². The lowest BCUT2D eigenvalue weighted by molar-refractivity contribution is 0.461. The molecule has 0 radical (unpaired) electrons. The van der Waals surface area contributed by atoms with Gasteiger partial charge in [-0.2, -0.15) is 0 Å². The Morgan fingerprint density at radius 2 is 1.11 bits per heavy atom. The highest BCUT2D eigenvalue weighted by atomic mass is 35.5. The molecule has 0 aliphatic carbocycles. The largest absolute Gasteiger partial charge is 0.454 e. The van der Waals surface area contributed by atoms with Crippen molar-refractivity contribution in [3.8, 4) is 23.0 Å². The Labute approximate surface area is 180 Å². The third-order valence-electron chi connectivity index (χ3n) is 3.50. The lowest BCUT2D eigenvalue weighted by atomic mass is 10.2. The minimum Gasteiger partial charge on any atom is -0.454 e. The molecular formula is C18H11Cl5N2O2. The molecule has 9 heteroatoms. The van der Waals surface area contributed by atoms with Gasteiger partial charge in [-0.3, -0.25) is 0 Å². The first-order valence-corrected chi connectivity index (χ1v) is 9.29. The van der Waals surface area contributed by atoms with Crippen molar-refractivity contribution in [3.05, 3.63) is 67.6 Å². The highest BCUT2D eigenvalue weighted by Gasteiger charge is 2.21. The smallest absolute Gasteiger partial charge is 0.170 e. The molecule has 0 saturated heterocycles. The quantitative estimate of drug-likeness (QED) is 0.306. The van der Waals surface area contributed by atoms with Gasteiger partial charge in [0.2, 0.25) is 0 Å². The Balaban J connectivity index is 2.05. The summed E-state index contributed by atoms with van der Waals surface area (Å²) in [5, 5.41) is 0.769. The van der Waals surface area contributed by atoms with E-state index in [0.29, 0.717) is 17.1 Å². The first-order valence-electron chi connectivity index (χ1n) is 7.40. The number of nitrogens with two attached hydrogens (primary N) is 2. The summed E-state index contributed by atoms with van der Waals surface area (Å²) < 4.78 is 11.5. The van der Waals surface area contributed by atoms with Gasteiger partial charge in [0.1, 0.15) is 31.6 Å². The topological polar surface area (TPSA) is 70.5 Å². The molecule has 0 aliphatic heterocycles. The van der Waals surface area contributed by atoms with Crippen molar-refractivity contribution in [3.63, 3.8) is 0 Å². The van der Waals surface area contributed by atoms with Gasteiger partial charge in [-0.1, -0.05) is 70.1 Å². The maximum Gasteiger partial charge on any atom is 0.170 e. The molecule has 3 rings (SSSR count). The van der Waals surface area contributed by atoms with E-state index in [0.717, 1.165) is 0 Å². The second kappa shape index (κ2) is 8.13. The Bertz CT molecular complexity index is 1030. The fraction of sp³-hybridized carbons (Fsp3) is 0. The van der Waals surface area contributed by atoms with E-state index in [9.17, 15) is 0 Å². The SMILES string of the molecule is Nc1cccc(Oc2cc(Cl)c(Cl)c(Oc3cccc(N)c3Cl)c2Cl)c1Cl. The van der Waals surface area contributed by atoms with Crippen LogP contribution >= 0.6 is 58.0 Å². The summed E-state index contributed by atoms with van der Waals surface area (Å²) >= 11 is 31.2. The lowest BCUT2D eigenvalue weighted by Crippen LogP contribution is -1.95. The van der Waals surface area contributed by atoms with Crippen molar-refractivity contribution in [2.75, 3.05) is 11.5 Å². The first kappa shape index (κ1) is 20.1. The van der Waals surface area contributed by atoms with Gasteiger partial charge in [0, 0.05) is 6.07 Å². The van der Waals surface area contributed by atoms with Crippen LogP contribution in [0.2, 0.25) is 25.1 Å². The Kier molecular flexibility index (Phi) is 6.04. The first-order chi connectivity index (χ1) is 12.8. The van der Waals surface area contributed by atoms with E-state index in [2.05, 4.69) is 0 Å². The summed E-state index contributed by atoms with van der Waals surface area (Å²) in [6, 6.07) is 11.3. The van der Waals surface area contributed by atoms with Crippen LogP contribution in [0.1, 0.15) is 0 Å². The normalized spacial score (nSPS) is 10.7. The zero-order chi connectivity index (χ0) is 19.7. The van der Waals surface area contributed by atoms with Crippen LogP contribution in [-0.4, -0.2) is 0 Å². The molecule has 4 nitrogen and oxygen atoms in total. The molecule has 27 heavy (non-hydrogen) atoms. The molecule has 0 aliphatic rings. The van der Waals surface area contributed by atoms with Gasteiger partial charge >= 0.3 is 0 Å². The Morgan fingerprint density at radius 1 is 0.593 bits per heavy atom. The predicted octanol–water partition coefficient (Wildman–Crippen LogP) is 7.70. The molecule has 0 heterocycles. The molecule has 140 valence electrons. The molecule has 0 saturated carbocycles. The average molecular weight is 465 g/mol. The predicted molar refractivity (Wildman–Crippen MR) is 113 cm³/mol. The molecule has 0 atom stereocenters. The standard InChI is InChI=1S/C18H11Cl5N2O2/c19-8-7-13(26-11-5-1-3-9(24)15(11)21)17(23)18(14(8)20)27-12-6-2-4-10(25)16(12)22/h1-7H,24-25H2. The van der Waals surface area contributed by atoms with Crippen molar-refractivity contribution in [1.29, 1.82) is 0 Å². The third kappa shape index (κ3) is 4.10. The van der Waals surface area contributed by atoms with Gasteiger partial charge in [0.25, 0.3) is 0 Å². The summed E-state index contributed by atoms with van der Waals surface area (Å²) in [7, 11) is 0. The summed E-state index contributed by atoms with van der Waals surface area (Å²) in [5.41, 5.74) is 12.3. The lowest BCUT2D eigenvalue weighted by Gasteiger charge is -2.16. The second-order valence-corrected chi connectivity index (χ2v) is 7.26. The number of anilines is 2. The van der Waals surface area contributed by atoms with E-state index in [4.69, 9.17) is 78.9 Å². The van der Waals surface area contributed by atoms with Crippen LogP contribution in [0.4, 0.5) is 11.4 Å². The van der Waals surface area contributed by atoms with E-state index in [1.807, 2.05) is 0 Å². The molecule has 0 unspecified atom stereocenters. The van der Waals surface area contributed by atoms with Crippen molar-refractivity contribution in [2.24, 2.45) is 0 Å². The average Bonchev–Trinajstić information content (AvgIpc) is 2.63. The molecule has 0 fully saturated rings. The zero-order valence-corrected chi connectivity index (χ0v) is 17.2. The van der Waals surface area contributed by atoms with E-state index in [1.54, 1.807) is 36.4 Å². The minimum absolute atomic E-state index is 0.0633. The number of rotatable bonds is 4. The van der Waals surface area contributed by atoms with E-state index >= 15 is 0 Å². The molecule has 0 aromatic heterocycles. The van der Waals surface area contributed by atoms with Crippen molar-refractivity contribution < 1.29 is 9.47 Å². The maximum atomic E-state index is 6.43. The number of benzene rings is 3. The molecule has 0 amide bonds. The van der Waals surface area contributed by atoms with Gasteiger partial charge in [0.05, 0.1) is 16.4 Å². The Hall–Kier alpha value is -1.69. The summed E-state index contributed by atoms with van der Waals surface area (Å²) in [5.74, 6) is 0.794. The Morgan fingerprint density at radius 3 is 1.67 bits per heavy atom. The van der Waals surface area contributed by atoms with Gasteiger partial charge in [0.15, 0.2) is 11.5 Å². The van der Waals surface area contributed by atoms with Crippen molar-refractivity contribution >= 4 is 69.4 Å². The fourth-order valence-electron chi connectivity index (χ4n) is 2.16. The molecule has 3 aromatic rings. The van der Waals surface area contributed by atoms with Crippen LogP contribution in [0.3, 0.4) is 0 Å². The number of nitrogen functional groups attached to an aromatic ring is 2. The van der Waals surface area contributed by atoms with E-state index in [-0.39, 0.29) is 42.4 Å². The molecule has 0 bridgehead atoms. The van der Waals surface area contributed by atoms with Crippen molar-refractivity contribution in [2.45, 2.75) is 0 Å². The van der Waals surface area contributed by atoms with Crippen LogP contribution in [0.5, 0.6) is 23.0 Å². The highest BCUT2D eigenvalue weighted by molar-refractivity contribution is 6.45. The molecular weight excluding hydrogens is 453 g/mol. The van der Waals surface area contributed by atoms with Gasteiger partial charge in [-0.25, -0.2) is 0 Å². The summed E-state index contributed by atoms with van der Waals surface area (Å²) in [6.07, 6.45) is 0. The number of hydrogen-bond acceptors (Lipinski definition) is 4. The van der Waals surface area contributed by atoms with Crippen LogP contribution < -0.4 is 20.9 Å². The monoisotopic (exact) mass is 462 g/mol. The zero-order valence-electron chi connectivity index (χ0n) is 13.4. The molecule has 3 aromatic carbocycles. The highest BCUT2D eigenvalue weighted by Crippen LogP contribution is 2.49. The van der Waals surface area contributed by atoms with Crippen LogP contribution in [0, 0.1) is 0 Å². The van der Waals surface area contributed by atoms with Gasteiger partial charge in [-0.15, -0.1) is 0 Å². The minimum atomic E-state index is 0.0633. The van der Waals surface area contributed by atoms with Crippen LogP contribution in [0.15, 0.2) is 42.5 Å². The van der Waals surface area contributed by atoms with Gasteiger partial charge < -0.3 is 20.9 Å². The van der Waals surface area contributed by atoms with E-state index in [1.165, 1.54) is 6.07 Å². The molecule has 0 spiro atoms. The summed E-state index contributed by atoms with van der Waals surface area (Å²) in [4.78, 5) is 0. The number of halogens is 5. The van der Waals surface area contributed by atoms with Crippen LogP contribution in [0.25, 0.3) is 0 Å². The van der Waals surface area contributed by atoms with E-state index < -0.39 is 0 Å². The van der Waals surface area contributed by atoms with Gasteiger partial charge in [-0.05, 0) is 24.3 Å². The number of hydrogen-bond donors (Lipinski definition) is 2. The van der Waals surface area contributed by atoms with Crippen LogP contribution in [-0.2, 0) is 0 Å². The maximum absolute atomic E-state index is 6.43. The second-order valence-electron chi connectivity index (χ2n) is 5.34. The molecule has 4 N–H and O–H groups in total. The third-order valence-corrected chi connectivity index (χ3v) is 5.44. The summed E-state index contributed by atoms with van der Waals surface area (Å²) in [6.45, 7) is 0.